The van der Waals surface area contributed by atoms with Crippen molar-refractivity contribution in [3.05, 3.63) is 112 Å². The number of hydrazone groups is 1. The second-order valence-electron chi connectivity index (χ2n) is 8.30. The van der Waals surface area contributed by atoms with Crippen LogP contribution in [0.2, 0.25) is 0 Å². The van der Waals surface area contributed by atoms with Crippen molar-refractivity contribution in [2.45, 2.75) is 12.5 Å². The van der Waals surface area contributed by atoms with Crippen LogP contribution in [0, 0.1) is 10.1 Å². The lowest BCUT2D eigenvalue weighted by molar-refractivity contribution is -0.384. The predicted molar refractivity (Wildman–Crippen MR) is 134 cm³/mol. The summed E-state index contributed by atoms with van der Waals surface area (Å²) >= 11 is 0. The zero-order chi connectivity index (χ0) is 23.2. The van der Waals surface area contributed by atoms with Gasteiger partial charge in [0.2, 0.25) is 0 Å². The van der Waals surface area contributed by atoms with Crippen LogP contribution < -0.4 is 10.7 Å². The number of hydrogen-bond donors (Lipinski definition) is 1. The summed E-state index contributed by atoms with van der Waals surface area (Å²) in [6, 6.07) is 28.4. The maximum Gasteiger partial charge on any atom is 0.269 e. The first-order valence-electron chi connectivity index (χ1n) is 11.0. The lowest BCUT2D eigenvalue weighted by atomic mass is 9.99. The second-order valence-corrected chi connectivity index (χ2v) is 8.30. The van der Waals surface area contributed by atoms with E-state index in [0.29, 0.717) is 17.9 Å². The fraction of sp³-hybridized carbons (Fsp3) is 0.0741. The number of nitro groups is 1. The van der Waals surface area contributed by atoms with E-state index in [1.807, 2.05) is 65.7 Å². The van der Waals surface area contributed by atoms with Gasteiger partial charge in [-0.1, -0.05) is 60.7 Å². The molecule has 2 N–H and O–H groups in total. The number of hydrogen-bond acceptors (Lipinski definition) is 6. The van der Waals surface area contributed by atoms with Gasteiger partial charge < -0.3 is 10.2 Å². The summed E-state index contributed by atoms with van der Waals surface area (Å²) in [5, 5.41) is 21.0. The van der Waals surface area contributed by atoms with E-state index in [4.69, 9.17) is 15.3 Å². The fourth-order valence-corrected chi connectivity index (χ4v) is 4.65. The van der Waals surface area contributed by atoms with Crippen LogP contribution in [0.1, 0.15) is 23.8 Å². The summed E-state index contributed by atoms with van der Waals surface area (Å²) in [6.45, 7) is 0. The van der Waals surface area contributed by atoms with Gasteiger partial charge in [0, 0.05) is 18.6 Å². The Hall–Kier alpha value is -4.65. The Morgan fingerprint density at radius 1 is 0.941 bits per heavy atom. The minimum Gasteiger partial charge on any atom is -0.452 e. The highest BCUT2D eigenvalue weighted by Gasteiger charge is 2.33. The van der Waals surface area contributed by atoms with E-state index < -0.39 is 4.92 Å². The molecular weight excluding hydrogens is 428 g/mol. The summed E-state index contributed by atoms with van der Waals surface area (Å²) in [5.74, 6) is 0.566. The van der Waals surface area contributed by atoms with Crippen molar-refractivity contribution in [2.75, 3.05) is 10.7 Å². The molecule has 1 aromatic heterocycles. The molecule has 166 valence electrons. The van der Waals surface area contributed by atoms with Gasteiger partial charge in [0.15, 0.2) is 5.76 Å². The summed E-state index contributed by atoms with van der Waals surface area (Å²) in [4.78, 5) is 10.7. The van der Waals surface area contributed by atoms with Crippen LogP contribution in [0.15, 0.2) is 101 Å². The van der Waals surface area contributed by atoms with E-state index in [-0.39, 0.29) is 11.7 Å². The van der Waals surface area contributed by atoms with E-state index in [0.717, 1.165) is 38.7 Å². The number of nitrogens with two attached hydrogens (primary N) is 1. The van der Waals surface area contributed by atoms with E-state index in [2.05, 4.69) is 6.07 Å². The molecule has 7 nitrogen and oxygen atoms in total. The Bertz CT molecular complexity index is 1570. The smallest absolute Gasteiger partial charge is 0.269 e. The topological polar surface area (TPSA) is 97.9 Å². The molecule has 5 aromatic rings. The third-order valence-corrected chi connectivity index (χ3v) is 6.30. The predicted octanol–water partition coefficient (Wildman–Crippen LogP) is 6.43. The van der Waals surface area contributed by atoms with E-state index in [1.165, 1.54) is 12.1 Å². The van der Waals surface area contributed by atoms with Gasteiger partial charge in [0.1, 0.15) is 11.3 Å². The number of nitrogen functional groups attached to an aromatic ring is 1. The Morgan fingerprint density at radius 2 is 1.68 bits per heavy atom. The highest BCUT2D eigenvalue weighted by molar-refractivity contribution is 6.18. The van der Waals surface area contributed by atoms with Gasteiger partial charge in [-0.05, 0) is 34.5 Å². The van der Waals surface area contributed by atoms with E-state index in [9.17, 15) is 10.1 Å². The molecule has 4 aromatic carbocycles. The molecule has 1 atom stereocenters. The van der Waals surface area contributed by atoms with Crippen molar-refractivity contribution < 1.29 is 9.34 Å². The number of para-hydroxylation sites is 1. The van der Waals surface area contributed by atoms with Crippen molar-refractivity contribution in [3.8, 4) is 0 Å². The molecule has 0 radical (unpaired) electrons. The minimum atomic E-state index is -0.394. The average molecular weight is 448 g/mol. The third kappa shape index (κ3) is 3.17. The van der Waals surface area contributed by atoms with Crippen LogP contribution in [-0.2, 0) is 0 Å². The van der Waals surface area contributed by atoms with Crippen molar-refractivity contribution in [1.82, 2.24) is 0 Å². The Kier molecular flexibility index (Phi) is 4.55. The SMILES string of the molecule is Nc1c(C2=NN(c3ccccc3)C(c3ccc([N+](=O)[O-])cc3)C2)oc2ccc3ccccc3c12. The number of anilines is 2. The van der Waals surface area contributed by atoms with Crippen molar-refractivity contribution in [2.24, 2.45) is 5.10 Å². The monoisotopic (exact) mass is 448 g/mol. The fourth-order valence-electron chi connectivity index (χ4n) is 4.65. The van der Waals surface area contributed by atoms with Crippen LogP contribution in [0.5, 0.6) is 0 Å². The van der Waals surface area contributed by atoms with Crippen LogP contribution in [0.25, 0.3) is 21.7 Å². The summed E-state index contributed by atoms with van der Waals surface area (Å²) in [6.07, 6.45) is 0.550. The number of rotatable bonds is 4. The molecule has 1 unspecified atom stereocenters. The van der Waals surface area contributed by atoms with Gasteiger partial charge in [-0.25, -0.2) is 0 Å². The molecule has 1 aliphatic heterocycles. The van der Waals surface area contributed by atoms with Crippen molar-refractivity contribution >= 4 is 44.5 Å². The number of nitro benzene ring substituents is 1. The van der Waals surface area contributed by atoms with E-state index >= 15 is 0 Å². The van der Waals surface area contributed by atoms with Gasteiger partial charge >= 0.3 is 0 Å². The Balaban J connectivity index is 1.47. The molecule has 0 saturated heterocycles. The lowest BCUT2D eigenvalue weighted by Crippen LogP contribution is -2.18. The summed E-state index contributed by atoms with van der Waals surface area (Å²) < 4.78 is 6.24. The molecule has 0 bridgehead atoms. The zero-order valence-electron chi connectivity index (χ0n) is 18.1. The molecule has 0 amide bonds. The molecule has 34 heavy (non-hydrogen) atoms. The van der Waals surface area contributed by atoms with Gasteiger partial charge in [-0.2, -0.15) is 5.10 Å². The second kappa shape index (κ2) is 7.74. The maximum atomic E-state index is 11.1. The molecule has 0 spiro atoms. The van der Waals surface area contributed by atoms with Crippen LogP contribution in [0.4, 0.5) is 17.1 Å². The zero-order valence-corrected chi connectivity index (χ0v) is 18.1. The Morgan fingerprint density at radius 3 is 2.44 bits per heavy atom. The number of benzene rings is 4. The molecule has 0 saturated carbocycles. The standard InChI is InChI=1S/C27H20N4O3/c28-26-25-21-9-5-4-6-17(21)12-15-24(25)34-27(26)22-16-23(18-10-13-20(14-11-18)31(32)33)30(29-22)19-7-2-1-3-8-19/h1-15,23H,16,28H2. The van der Waals surface area contributed by atoms with Crippen molar-refractivity contribution in [3.63, 3.8) is 0 Å². The largest absolute Gasteiger partial charge is 0.452 e. The average Bonchev–Trinajstić information content (AvgIpc) is 3.46. The minimum absolute atomic E-state index is 0.0579. The van der Waals surface area contributed by atoms with E-state index in [1.54, 1.807) is 12.1 Å². The first-order chi connectivity index (χ1) is 16.6. The highest BCUT2D eigenvalue weighted by atomic mass is 16.6. The van der Waals surface area contributed by atoms with Gasteiger partial charge in [-0.3, -0.25) is 15.1 Å². The highest BCUT2D eigenvalue weighted by Crippen LogP contribution is 2.41. The first kappa shape index (κ1) is 20.0. The first-order valence-corrected chi connectivity index (χ1v) is 11.0. The number of nitrogens with zero attached hydrogens (tertiary/aromatic N) is 3. The third-order valence-electron chi connectivity index (χ3n) is 6.30. The molecule has 2 heterocycles. The van der Waals surface area contributed by atoms with Gasteiger partial charge in [-0.15, -0.1) is 0 Å². The normalized spacial score (nSPS) is 15.7. The Labute approximate surface area is 194 Å². The van der Waals surface area contributed by atoms with Crippen LogP contribution in [-0.4, -0.2) is 10.6 Å². The number of furan rings is 1. The lowest BCUT2D eigenvalue weighted by Gasteiger charge is -2.23. The molecule has 6 rings (SSSR count). The van der Waals surface area contributed by atoms with Crippen LogP contribution in [0.3, 0.4) is 0 Å². The molecular formula is C27H20N4O3. The van der Waals surface area contributed by atoms with Crippen molar-refractivity contribution in [1.29, 1.82) is 0 Å². The number of non-ortho nitro benzene ring substituents is 1. The molecule has 0 fully saturated rings. The number of fused-ring (bicyclic) bond motifs is 3. The molecule has 1 aliphatic rings. The quantitative estimate of drug-likeness (QED) is 0.252. The summed E-state index contributed by atoms with van der Waals surface area (Å²) in [5.41, 5.74) is 10.6. The molecule has 0 aliphatic carbocycles. The molecule has 7 heteroatoms. The van der Waals surface area contributed by atoms with Gasteiger partial charge in [0.25, 0.3) is 5.69 Å². The van der Waals surface area contributed by atoms with Crippen LogP contribution >= 0.6 is 0 Å². The van der Waals surface area contributed by atoms with Gasteiger partial charge in [0.05, 0.1) is 27.7 Å². The summed E-state index contributed by atoms with van der Waals surface area (Å²) in [7, 11) is 0. The maximum absolute atomic E-state index is 11.1.